The smallest absolute Gasteiger partial charge is 0.262 e. The molecular weight excluding hydrogens is 305 g/mol. The number of nitrogens with one attached hydrogen (secondary N) is 1. The fraction of sp³-hybridized carbons (Fsp3) is 0.0526. The largest absolute Gasteiger partial charge is 0.360 e. The van der Waals surface area contributed by atoms with E-state index in [0.717, 1.165) is 11.3 Å². The topological polar surface area (TPSA) is 45.2 Å². The third kappa shape index (κ3) is 2.40. The molecule has 4 nitrogen and oxygen atoms in total. The number of benzene rings is 2. The van der Waals surface area contributed by atoms with E-state index in [-0.39, 0.29) is 17.9 Å². The summed E-state index contributed by atoms with van der Waals surface area (Å²) in [7, 11) is 0. The van der Waals surface area contributed by atoms with Crippen LogP contribution in [-0.4, -0.2) is 10.9 Å². The van der Waals surface area contributed by atoms with Gasteiger partial charge in [0.1, 0.15) is 12.0 Å². The molecule has 0 saturated carbocycles. The highest BCUT2D eigenvalue weighted by molar-refractivity contribution is 6.12. The van der Waals surface area contributed by atoms with E-state index in [9.17, 15) is 9.18 Å². The summed E-state index contributed by atoms with van der Waals surface area (Å²) >= 11 is 0. The summed E-state index contributed by atoms with van der Waals surface area (Å²) in [6, 6.07) is 17.0. The molecule has 0 saturated heterocycles. The lowest BCUT2D eigenvalue weighted by atomic mass is 10.0. The van der Waals surface area contributed by atoms with E-state index in [1.807, 2.05) is 30.3 Å². The van der Waals surface area contributed by atoms with Gasteiger partial charge in [-0.15, -0.1) is 0 Å². The Bertz CT molecular complexity index is 881. The standard InChI is InChI=1S/C19H14FN3O/c20-14-5-7-15(8-6-14)23-18(13-9-11-21-12-10-13)22-17-4-2-1-3-16(17)19(23)24/h1-12,18,22H/t18-/m1/s1. The van der Waals surface area contributed by atoms with Crippen molar-refractivity contribution in [2.75, 3.05) is 10.2 Å². The first kappa shape index (κ1) is 14.4. The molecule has 0 unspecified atom stereocenters. The molecule has 1 aliphatic rings. The average Bonchev–Trinajstić information content (AvgIpc) is 2.63. The van der Waals surface area contributed by atoms with Crippen LogP contribution in [0.3, 0.4) is 0 Å². The molecule has 2 heterocycles. The molecule has 0 fully saturated rings. The SMILES string of the molecule is O=C1c2ccccc2N[C@@H](c2ccncc2)N1c1ccc(F)cc1. The zero-order valence-electron chi connectivity index (χ0n) is 12.7. The third-order valence-corrected chi connectivity index (χ3v) is 4.05. The number of hydrogen-bond acceptors (Lipinski definition) is 3. The maximum absolute atomic E-state index is 13.3. The molecule has 5 heteroatoms. The summed E-state index contributed by atoms with van der Waals surface area (Å²) < 4.78 is 13.3. The lowest BCUT2D eigenvalue weighted by Crippen LogP contribution is -2.43. The van der Waals surface area contributed by atoms with E-state index >= 15 is 0 Å². The zero-order valence-corrected chi connectivity index (χ0v) is 12.7. The number of carbonyl (C=O) groups is 1. The van der Waals surface area contributed by atoms with Crippen molar-refractivity contribution in [3.05, 3.63) is 90.0 Å². The molecule has 3 aromatic rings. The van der Waals surface area contributed by atoms with Crippen LogP contribution >= 0.6 is 0 Å². The van der Waals surface area contributed by atoms with Gasteiger partial charge in [-0.1, -0.05) is 12.1 Å². The monoisotopic (exact) mass is 319 g/mol. The van der Waals surface area contributed by atoms with Crippen molar-refractivity contribution in [1.29, 1.82) is 0 Å². The number of rotatable bonds is 2. The van der Waals surface area contributed by atoms with E-state index < -0.39 is 0 Å². The van der Waals surface area contributed by atoms with E-state index in [0.29, 0.717) is 11.3 Å². The number of hydrogen-bond donors (Lipinski definition) is 1. The molecule has 1 aromatic heterocycles. The second-order valence-corrected chi connectivity index (χ2v) is 5.52. The summed E-state index contributed by atoms with van der Waals surface area (Å²) in [5.74, 6) is -0.463. The Balaban J connectivity index is 1.86. The molecule has 1 atom stereocenters. The molecule has 1 amide bonds. The average molecular weight is 319 g/mol. The van der Waals surface area contributed by atoms with Crippen molar-refractivity contribution in [2.45, 2.75) is 6.17 Å². The van der Waals surface area contributed by atoms with Crippen molar-refractivity contribution < 1.29 is 9.18 Å². The zero-order chi connectivity index (χ0) is 16.5. The van der Waals surface area contributed by atoms with Crippen molar-refractivity contribution in [3.8, 4) is 0 Å². The minimum atomic E-state index is -0.388. The molecule has 1 N–H and O–H groups in total. The van der Waals surface area contributed by atoms with Crippen LogP contribution in [-0.2, 0) is 0 Å². The predicted octanol–water partition coefficient (Wildman–Crippen LogP) is 3.99. The second kappa shape index (κ2) is 5.77. The molecule has 0 radical (unpaired) electrons. The highest BCUT2D eigenvalue weighted by Crippen LogP contribution is 2.36. The van der Waals surface area contributed by atoms with Crippen molar-refractivity contribution in [1.82, 2.24) is 4.98 Å². The van der Waals surface area contributed by atoms with E-state index in [1.54, 1.807) is 35.5 Å². The molecule has 118 valence electrons. The van der Waals surface area contributed by atoms with Gasteiger partial charge in [0, 0.05) is 23.8 Å². The van der Waals surface area contributed by atoms with E-state index in [4.69, 9.17) is 0 Å². The number of anilines is 2. The molecule has 4 rings (SSSR count). The summed E-state index contributed by atoms with van der Waals surface area (Å²) in [6.45, 7) is 0. The van der Waals surface area contributed by atoms with E-state index in [2.05, 4.69) is 10.3 Å². The fourth-order valence-electron chi connectivity index (χ4n) is 2.90. The first-order chi connectivity index (χ1) is 11.7. The number of nitrogens with zero attached hydrogens (tertiary/aromatic N) is 2. The van der Waals surface area contributed by atoms with Gasteiger partial charge < -0.3 is 5.32 Å². The maximum Gasteiger partial charge on any atom is 0.262 e. The van der Waals surface area contributed by atoms with Gasteiger partial charge in [0.15, 0.2) is 0 Å². The van der Waals surface area contributed by atoms with Crippen LogP contribution in [0.25, 0.3) is 0 Å². The minimum absolute atomic E-state index is 0.127. The van der Waals surface area contributed by atoms with Crippen LogP contribution in [0.1, 0.15) is 22.1 Å². The van der Waals surface area contributed by atoms with E-state index in [1.165, 1.54) is 12.1 Å². The van der Waals surface area contributed by atoms with Crippen LogP contribution in [0, 0.1) is 5.82 Å². The minimum Gasteiger partial charge on any atom is -0.360 e. The molecular formula is C19H14FN3O. The van der Waals surface area contributed by atoms with Crippen LogP contribution in [0.4, 0.5) is 15.8 Å². The van der Waals surface area contributed by atoms with Crippen LogP contribution in [0.2, 0.25) is 0 Å². The van der Waals surface area contributed by atoms with Crippen molar-refractivity contribution in [3.63, 3.8) is 0 Å². The fourth-order valence-corrected chi connectivity index (χ4v) is 2.90. The molecule has 24 heavy (non-hydrogen) atoms. The highest BCUT2D eigenvalue weighted by Gasteiger charge is 2.33. The second-order valence-electron chi connectivity index (χ2n) is 5.52. The number of halogens is 1. The Morgan fingerprint density at radius 1 is 0.958 bits per heavy atom. The van der Waals surface area contributed by atoms with Gasteiger partial charge in [-0.2, -0.15) is 0 Å². The highest BCUT2D eigenvalue weighted by atomic mass is 19.1. The number of fused-ring (bicyclic) bond motifs is 1. The van der Waals surface area contributed by atoms with Gasteiger partial charge in [-0.05, 0) is 54.1 Å². The van der Waals surface area contributed by atoms with Crippen molar-refractivity contribution in [2.24, 2.45) is 0 Å². The Hall–Kier alpha value is -3.21. The molecule has 0 spiro atoms. The van der Waals surface area contributed by atoms with Crippen LogP contribution in [0.5, 0.6) is 0 Å². The van der Waals surface area contributed by atoms with Gasteiger partial charge >= 0.3 is 0 Å². The summed E-state index contributed by atoms with van der Waals surface area (Å²) in [4.78, 5) is 18.7. The summed E-state index contributed by atoms with van der Waals surface area (Å²) in [6.07, 6.45) is 2.98. The third-order valence-electron chi connectivity index (χ3n) is 4.05. The number of amides is 1. The molecule has 0 bridgehead atoms. The Morgan fingerprint density at radius 2 is 1.67 bits per heavy atom. The Labute approximate surface area is 138 Å². The van der Waals surface area contributed by atoms with Gasteiger partial charge in [0.25, 0.3) is 5.91 Å². The van der Waals surface area contributed by atoms with Gasteiger partial charge in [0.05, 0.1) is 5.56 Å². The Morgan fingerprint density at radius 3 is 2.42 bits per heavy atom. The molecule has 0 aliphatic carbocycles. The number of para-hydroxylation sites is 1. The first-order valence-corrected chi connectivity index (χ1v) is 7.59. The van der Waals surface area contributed by atoms with Gasteiger partial charge in [0.2, 0.25) is 0 Å². The number of carbonyl (C=O) groups excluding carboxylic acids is 1. The lowest BCUT2D eigenvalue weighted by Gasteiger charge is -2.38. The molecule has 2 aromatic carbocycles. The quantitative estimate of drug-likeness (QED) is 0.777. The maximum atomic E-state index is 13.3. The lowest BCUT2D eigenvalue weighted by molar-refractivity contribution is 0.0975. The Kier molecular flexibility index (Phi) is 3.46. The summed E-state index contributed by atoms with van der Waals surface area (Å²) in [5, 5.41) is 3.39. The number of aromatic nitrogens is 1. The normalized spacial score (nSPS) is 16.5. The van der Waals surface area contributed by atoms with Gasteiger partial charge in [-0.3, -0.25) is 14.7 Å². The van der Waals surface area contributed by atoms with Crippen molar-refractivity contribution >= 4 is 17.3 Å². The number of pyridine rings is 1. The molecule has 1 aliphatic heterocycles. The van der Waals surface area contributed by atoms with Crippen LogP contribution in [0.15, 0.2) is 73.1 Å². The van der Waals surface area contributed by atoms with Crippen LogP contribution < -0.4 is 10.2 Å². The predicted molar refractivity (Wildman–Crippen MR) is 90.3 cm³/mol. The summed E-state index contributed by atoms with van der Waals surface area (Å²) in [5.41, 5.74) is 2.90. The first-order valence-electron chi connectivity index (χ1n) is 7.59. The van der Waals surface area contributed by atoms with Gasteiger partial charge in [-0.25, -0.2) is 4.39 Å².